The molecule has 0 aliphatic rings. The summed E-state index contributed by atoms with van der Waals surface area (Å²) in [4.78, 5) is 35.9. The summed E-state index contributed by atoms with van der Waals surface area (Å²) < 4.78 is 18.1. The zero-order valence-corrected chi connectivity index (χ0v) is 15.0. The Balaban J connectivity index is 2.94. The largest absolute Gasteiger partial charge is 0.467 e. The Bertz CT molecular complexity index is 621. The number of hydrogen-bond donors (Lipinski definition) is 2. The SMILES string of the molecule is CC[C@@H](C)[C@@H](NC(=O)[C@H](Cc1cccc(F)c1)NC(C)=O)C(=O)OC. The van der Waals surface area contributed by atoms with Crippen LogP contribution in [0.1, 0.15) is 32.8 Å². The standard InChI is InChI=1S/C18H25FN2O4/c1-5-11(2)16(18(24)25-4)21-17(23)15(20-12(3)22)10-13-7-6-8-14(19)9-13/h6-9,11,15-16H,5,10H2,1-4H3,(H,20,22)(H,21,23)/t11-,15+,16-/m1/s1. The van der Waals surface area contributed by atoms with Crippen LogP contribution < -0.4 is 10.6 Å². The minimum absolute atomic E-state index is 0.109. The molecule has 7 heteroatoms. The van der Waals surface area contributed by atoms with Crippen molar-refractivity contribution in [2.24, 2.45) is 5.92 Å². The summed E-state index contributed by atoms with van der Waals surface area (Å²) >= 11 is 0. The summed E-state index contributed by atoms with van der Waals surface area (Å²) in [6, 6.07) is 4.06. The molecule has 0 bridgehead atoms. The molecule has 0 fully saturated rings. The molecule has 0 radical (unpaired) electrons. The van der Waals surface area contributed by atoms with Crippen LogP contribution in [0.15, 0.2) is 24.3 Å². The van der Waals surface area contributed by atoms with Gasteiger partial charge in [-0.05, 0) is 23.6 Å². The summed E-state index contributed by atoms with van der Waals surface area (Å²) in [5.41, 5.74) is 0.562. The van der Waals surface area contributed by atoms with Crippen molar-refractivity contribution in [1.82, 2.24) is 10.6 Å². The first-order valence-corrected chi connectivity index (χ1v) is 8.18. The third-order valence-electron chi connectivity index (χ3n) is 3.99. The maximum Gasteiger partial charge on any atom is 0.328 e. The van der Waals surface area contributed by atoms with Crippen molar-refractivity contribution in [2.45, 2.75) is 45.7 Å². The highest BCUT2D eigenvalue weighted by atomic mass is 19.1. The molecule has 25 heavy (non-hydrogen) atoms. The van der Waals surface area contributed by atoms with Crippen LogP contribution in [0, 0.1) is 11.7 Å². The molecule has 138 valence electrons. The van der Waals surface area contributed by atoms with Gasteiger partial charge in [0.15, 0.2) is 0 Å². The van der Waals surface area contributed by atoms with Gasteiger partial charge in [0.1, 0.15) is 17.9 Å². The molecule has 0 saturated heterocycles. The molecule has 0 aliphatic carbocycles. The number of rotatable bonds is 8. The molecule has 1 aromatic carbocycles. The van der Waals surface area contributed by atoms with Gasteiger partial charge in [0.05, 0.1) is 7.11 Å². The van der Waals surface area contributed by atoms with E-state index in [1.54, 1.807) is 6.07 Å². The van der Waals surface area contributed by atoms with E-state index in [1.807, 2.05) is 13.8 Å². The van der Waals surface area contributed by atoms with E-state index in [1.165, 1.54) is 32.2 Å². The van der Waals surface area contributed by atoms with Crippen LogP contribution in [0.2, 0.25) is 0 Å². The number of halogens is 1. The van der Waals surface area contributed by atoms with E-state index in [0.717, 1.165) is 0 Å². The van der Waals surface area contributed by atoms with Crippen molar-refractivity contribution in [3.63, 3.8) is 0 Å². The average Bonchev–Trinajstić information content (AvgIpc) is 2.57. The number of ether oxygens (including phenoxy) is 1. The van der Waals surface area contributed by atoms with Gasteiger partial charge in [-0.1, -0.05) is 32.4 Å². The zero-order valence-electron chi connectivity index (χ0n) is 15.0. The fourth-order valence-electron chi connectivity index (χ4n) is 2.40. The quantitative estimate of drug-likeness (QED) is 0.696. The van der Waals surface area contributed by atoms with Crippen LogP contribution in [0.25, 0.3) is 0 Å². The number of carbonyl (C=O) groups excluding carboxylic acids is 3. The molecule has 0 heterocycles. The van der Waals surface area contributed by atoms with E-state index in [4.69, 9.17) is 4.74 Å². The van der Waals surface area contributed by atoms with Gasteiger partial charge >= 0.3 is 5.97 Å². The molecule has 6 nitrogen and oxygen atoms in total. The number of hydrogen-bond acceptors (Lipinski definition) is 4. The van der Waals surface area contributed by atoms with Crippen molar-refractivity contribution < 1.29 is 23.5 Å². The van der Waals surface area contributed by atoms with E-state index < -0.39 is 35.7 Å². The minimum atomic E-state index is -0.921. The Morgan fingerprint density at radius 3 is 2.44 bits per heavy atom. The van der Waals surface area contributed by atoms with E-state index >= 15 is 0 Å². The smallest absolute Gasteiger partial charge is 0.328 e. The molecule has 0 aromatic heterocycles. The summed E-state index contributed by atoms with van der Waals surface area (Å²) in [7, 11) is 1.25. The summed E-state index contributed by atoms with van der Waals surface area (Å²) in [6.07, 6.45) is 0.770. The van der Waals surface area contributed by atoms with E-state index in [-0.39, 0.29) is 12.3 Å². The molecule has 3 atom stereocenters. The highest BCUT2D eigenvalue weighted by Crippen LogP contribution is 2.11. The first-order valence-electron chi connectivity index (χ1n) is 8.18. The second-order valence-corrected chi connectivity index (χ2v) is 5.98. The minimum Gasteiger partial charge on any atom is -0.467 e. The second-order valence-electron chi connectivity index (χ2n) is 5.98. The fourth-order valence-corrected chi connectivity index (χ4v) is 2.40. The zero-order chi connectivity index (χ0) is 19.0. The fraction of sp³-hybridized carbons (Fsp3) is 0.500. The van der Waals surface area contributed by atoms with Crippen LogP contribution >= 0.6 is 0 Å². The molecule has 2 amide bonds. The normalized spacial score (nSPS) is 14.1. The Kier molecular flexibility index (Phi) is 8.04. The Morgan fingerprint density at radius 2 is 1.92 bits per heavy atom. The van der Waals surface area contributed by atoms with Gasteiger partial charge < -0.3 is 15.4 Å². The molecular formula is C18H25FN2O4. The lowest BCUT2D eigenvalue weighted by Gasteiger charge is -2.25. The molecule has 0 spiro atoms. The van der Waals surface area contributed by atoms with Gasteiger partial charge in [0, 0.05) is 13.3 Å². The Hall–Kier alpha value is -2.44. The third kappa shape index (κ3) is 6.52. The van der Waals surface area contributed by atoms with Crippen LogP contribution in [-0.2, 0) is 25.5 Å². The summed E-state index contributed by atoms with van der Waals surface area (Å²) in [6.45, 7) is 5.00. The summed E-state index contributed by atoms with van der Waals surface area (Å²) in [5.74, 6) is -2.02. The number of nitrogens with one attached hydrogen (secondary N) is 2. The number of methoxy groups -OCH3 is 1. The Morgan fingerprint density at radius 1 is 1.24 bits per heavy atom. The predicted octanol–water partition coefficient (Wildman–Crippen LogP) is 1.58. The molecule has 0 aliphatic heterocycles. The van der Waals surface area contributed by atoms with Crippen LogP contribution in [0.4, 0.5) is 4.39 Å². The first-order chi connectivity index (χ1) is 11.8. The van der Waals surface area contributed by atoms with Crippen molar-refractivity contribution in [2.75, 3.05) is 7.11 Å². The van der Waals surface area contributed by atoms with Gasteiger partial charge in [-0.25, -0.2) is 9.18 Å². The third-order valence-corrected chi connectivity index (χ3v) is 3.99. The topological polar surface area (TPSA) is 84.5 Å². The lowest BCUT2D eigenvalue weighted by atomic mass is 9.98. The van der Waals surface area contributed by atoms with Gasteiger partial charge in [0.25, 0.3) is 0 Å². The number of carbonyl (C=O) groups is 3. The highest BCUT2D eigenvalue weighted by Gasteiger charge is 2.30. The Labute approximate surface area is 147 Å². The average molecular weight is 352 g/mol. The first kappa shape index (κ1) is 20.6. The van der Waals surface area contributed by atoms with Crippen molar-refractivity contribution in [3.8, 4) is 0 Å². The second kappa shape index (κ2) is 9.76. The van der Waals surface area contributed by atoms with Crippen molar-refractivity contribution >= 4 is 17.8 Å². The lowest BCUT2D eigenvalue weighted by molar-refractivity contribution is -0.146. The number of esters is 1. The van der Waals surface area contributed by atoms with E-state index in [9.17, 15) is 18.8 Å². The van der Waals surface area contributed by atoms with Crippen molar-refractivity contribution in [3.05, 3.63) is 35.6 Å². The monoisotopic (exact) mass is 352 g/mol. The predicted molar refractivity (Wildman–Crippen MR) is 91.1 cm³/mol. The molecule has 0 saturated carbocycles. The number of benzene rings is 1. The van der Waals surface area contributed by atoms with E-state index in [0.29, 0.717) is 12.0 Å². The lowest BCUT2D eigenvalue weighted by Crippen LogP contribution is -2.54. The highest BCUT2D eigenvalue weighted by molar-refractivity contribution is 5.90. The van der Waals surface area contributed by atoms with Gasteiger partial charge in [0.2, 0.25) is 11.8 Å². The van der Waals surface area contributed by atoms with Gasteiger partial charge in [-0.15, -0.1) is 0 Å². The van der Waals surface area contributed by atoms with Gasteiger partial charge in [-0.2, -0.15) is 0 Å². The van der Waals surface area contributed by atoms with E-state index in [2.05, 4.69) is 10.6 Å². The van der Waals surface area contributed by atoms with Crippen LogP contribution in [0.5, 0.6) is 0 Å². The van der Waals surface area contributed by atoms with Gasteiger partial charge in [-0.3, -0.25) is 9.59 Å². The molecule has 1 rings (SSSR count). The van der Waals surface area contributed by atoms with Crippen LogP contribution in [0.3, 0.4) is 0 Å². The number of amides is 2. The molecule has 1 aromatic rings. The summed E-state index contributed by atoms with van der Waals surface area (Å²) in [5, 5.41) is 5.18. The maximum atomic E-state index is 13.3. The molecule has 0 unspecified atom stereocenters. The molecular weight excluding hydrogens is 327 g/mol. The van der Waals surface area contributed by atoms with Crippen LogP contribution in [-0.4, -0.2) is 37.0 Å². The molecule has 2 N–H and O–H groups in total. The van der Waals surface area contributed by atoms with Crippen molar-refractivity contribution in [1.29, 1.82) is 0 Å². The maximum absolute atomic E-state index is 13.3.